The van der Waals surface area contributed by atoms with Gasteiger partial charge in [0.2, 0.25) is 0 Å². The summed E-state index contributed by atoms with van der Waals surface area (Å²) in [6.07, 6.45) is 6.88. The molecular formula is C55H37NO. The highest BCUT2D eigenvalue weighted by atomic mass is 16.5. The average molecular weight is 728 g/mol. The highest BCUT2D eigenvalue weighted by molar-refractivity contribution is 6.01. The lowest BCUT2D eigenvalue weighted by atomic mass is 9.70. The zero-order chi connectivity index (χ0) is 37.5. The van der Waals surface area contributed by atoms with Crippen LogP contribution < -0.4 is 9.64 Å². The number of anilines is 3. The van der Waals surface area contributed by atoms with Gasteiger partial charge in [0.15, 0.2) is 0 Å². The summed E-state index contributed by atoms with van der Waals surface area (Å²) in [5, 5.41) is 0. The second kappa shape index (κ2) is 12.4. The van der Waals surface area contributed by atoms with Crippen LogP contribution in [0.2, 0.25) is 0 Å². The monoisotopic (exact) mass is 727 g/mol. The molecule has 4 aliphatic rings. The number of hydrogen-bond donors (Lipinski definition) is 0. The van der Waals surface area contributed by atoms with Gasteiger partial charge in [0.1, 0.15) is 11.9 Å². The Hall–Kier alpha value is -7.16. The second-order valence-corrected chi connectivity index (χ2v) is 15.5. The number of ether oxygens (including phenoxy) is 1. The van der Waals surface area contributed by atoms with Crippen LogP contribution in [-0.2, 0) is 5.41 Å². The van der Waals surface area contributed by atoms with Gasteiger partial charge in [0, 0.05) is 28.4 Å². The first kappa shape index (κ1) is 32.1. The lowest BCUT2D eigenvalue weighted by molar-refractivity contribution is 0.269. The van der Waals surface area contributed by atoms with Crippen molar-refractivity contribution in [2.24, 2.45) is 0 Å². The maximum absolute atomic E-state index is 6.33. The van der Waals surface area contributed by atoms with Crippen LogP contribution in [0.15, 0.2) is 212 Å². The molecule has 0 amide bonds. The molecule has 2 unspecified atom stereocenters. The summed E-state index contributed by atoms with van der Waals surface area (Å²) in [7, 11) is 0. The SMILES string of the molecule is C1=CC2Oc3ccccc3C2C=C1c1cccc(N(c2ccc(-c3ccccc3)cc2)c2cccc3c2-c2ccccc2C32c3ccccc3-c3ccccc32)c1. The van der Waals surface area contributed by atoms with E-state index in [1.165, 1.54) is 72.3 Å². The number of hydrogen-bond acceptors (Lipinski definition) is 2. The van der Waals surface area contributed by atoms with Gasteiger partial charge in [-0.15, -0.1) is 0 Å². The molecule has 0 fully saturated rings. The number of para-hydroxylation sites is 1. The van der Waals surface area contributed by atoms with Crippen LogP contribution in [0, 0.1) is 0 Å². The molecule has 0 bridgehead atoms. The smallest absolute Gasteiger partial charge is 0.128 e. The Balaban J connectivity index is 1.07. The molecule has 1 spiro atoms. The molecule has 12 rings (SSSR count). The van der Waals surface area contributed by atoms with Crippen molar-refractivity contribution in [1.29, 1.82) is 0 Å². The van der Waals surface area contributed by atoms with Crippen LogP contribution >= 0.6 is 0 Å². The molecule has 0 radical (unpaired) electrons. The Kier molecular flexibility index (Phi) is 7.00. The molecule has 1 heterocycles. The molecule has 2 heteroatoms. The van der Waals surface area contributed by atoms with E-state index in [-0.39, 0.29) is 12.0 Å². The van der Waals surface area contributed by atoms with Gasteiger partial charge >= 0.3 is 0 Å². The van der Waals surface area contributed by atoms with E-state index in [1.807, 2.05) is 0 Å². The Bertz CT molecular complexity index is 2910. The summed E-state index contributed by atoms with van der Waals surface area (Å²) in [6, 6.07) is 71.3. The maximum atomic E-state index is 6.33. The summed E-state index contributed by atoms with van der Waals surface area (Å²) >= 11 is 0. The van der Waals surface area contributed by atoms with Crippen molar-refractivity contribution in [2.45, 2.75) is 17.4 Å². The second-order valence-electron chi connectivity index (χ2n) is 15.5. The van der Waals surface area contributed by atoms with Gasteiger partial charge in [-0.2, -0.15) is 0 Å². The first-order valence-corrected chi connectivity index (χ1v) is 19.9. The van der Waals surface area contributed by atoms with Crippen molar-refractivity contribution in [3.05, 3.63) is 246 Å². The van der Waals surface area contributed by atoms with Crippen LogP contribution in [0.1, 0.15) is 39.3 Å². The van der Waals surface area contributed by atoms with Crippen molar-refractivity contribution in [3.8, 4) is 39.1 Å². The lowest BCUT2D eigenvalue weighted by Crippen LogP contribution is -2.26. The van der Waals surface area contributed by atoms with E-state index in [9.17, 15) is 0 Å². The van der Waals surface area contributed by atoms with Gasteiger partial charge in [0.25, 0.3) is 0 Å². The highest BCUT2D eigenvalue weighted by Crippen LogP contribution is 2.64. The predicted octanol–water partition coefficient (Wildman–Crippen LogP) is 13.7. The van der Waals surface area contributed by atoms with Gasteiger partial charge in [-0.3, -0.25) is 0 Å². The lowest BCUT2D eigenvalue weighted by Gasteiger charge is -2.32. The Labute approximate surface area is 333 Å². The maximum Gasteiger partial charge on any atom is 0.128 e. The standard InChI is InChI=1S/C55H37NO/c1-2-14-36(15-3-1)37-28-31-40(32-29-37)56(41-17-12-16-38(34-41)39-30-33-53-46(35-39)44-20-7-11-27-52(44)57-53)51-26-13-25-50-54(51)45-21-6-10-24-49(45)55(50)47-22-8-4-18-42(47)43-19-5-9-23-48(43)55/h1-35,46,53H. The fraction of sp³-hybridized carbons (Fsp3) is 0.0545. The molecule has 1 aliphatic heterocycles. The van der Waals surface area contributed by atoms with Crippen LogP contribution in [0.5, 0.6) is 5.75 Å². The minimum Gasteiger partial charge on any atom is -0.485 e. The van der Waals surface area contributed by atoms with Gasteiger partial charge in [-0.05, 0) is 104 Å². The van der Waals surface area contributed by atoms with Gasteiger partial charge < -0.3 is 9.64 Å². The summed E-state index contributed by atoms with van der Waals surface area (Å²) < 4.78 is 6.33. The minimum atomic E-state index is -0.423. The number of fused-ring (bicyclic) bond motifs is 13. The van der Waals surface area contributed by atoms with Gasteiger partial charge in [-0.1, -0.05) is 170 Å². The minimum absolute atomic E-state index is 0.0269. The first-order valence-electron chi connectivity index (χ1n) is 19.9. The molecule has 8 aromatic carbocycles. The molecule has 0 aromatic heterocycles. The molecule has 0 N–H and O–H groups in total. The van der Waals surface area contributed by atoms with E-state index in [0.29, 0.717) is 0 Å². The molecule has 0 saturated carbocycles. The summed E-state index contributed by atoms with van der Waals surface area (Å²) in [5.74, 6) is 1.17. The van der Waals surface area contributed by atoms with E-state index >= 15 is 0 Å². The third kappa shape index (κ3) is 4.65. The topological polar surface area (TPSA) is 12.5 Å². The highest BCUT2D eigenvalue weighted by Gasteiger charge is 2.52. The van der Waals surface area contributed by atoms with Crippen LogP contribution in [0.25, 0.3) is 39.0 Å². The Morgan fingerprint density at radius 1 is 0.456 bits per heavy atom. The fourth-order valence-electron chi connectivity index (χ4n) is 10.2. The third-order valence-corrected chi connectivity index (χ3v) is 12.6. The molecule has 57 heavy (non-hydrogen) atoms. The van der Waals surface area contributed by atoms with E-state index in [4.69, 9.17) is 4.74 Å². The molecule has 0 saturated heterocycles. The summed E-state index contributed by atoms with van der Waals surface area (Å²) in [6.45, 7) is 0. The van der Waals surface area contributed by atoms with Gasteiger partial charge in [0.05, 0.1) is 11.1 Å². The molecular weight excluding hydrogens is 691 g/mol. The average Bonchev–Trinajstić information content (AvgIpc) is 3.91. The van der Waals surface area contributed by atoms with Crippen molar-refractivity contribution >= 4 is 22.6 Å². The van der Waals surface area contributed by atoms with Crippen molar-refractivity contribution in [3.63, 3.8) is 0 Å². The van der Waals surface area contributed by atoms with Gasteiger partial charge in [-0.25, -0.2) is 0 Å². The van der Waals surface area contributed by atoms with Crippen LogP contribution in [0.4, 0.5) is 17.1 Å². The third-order valence-electron chi connectivity index (χ3n) is 12.6. The molecule has 2 nitrogen and oxygen atoms in total. The van der Waals surface area contributed by atoms with Crippen molar-refractivity contribution in [2.75, 3.05) is 4.90 Å². The van der Waals surface area contributed by atoms with Crippen molar-refractivity contribution < 1.29 is 4.74 Å². The number of rotatable bonds is 5. The molecule has 2 atom stereocenters. The first-order chi connectivity index (χ1) is 28.3. The predicted molar refractivity (Wildman–Crippen MR) is 234 cm³/mol. The van der Waals surface area contributed by atoms with E-state index in [1.54, 1.807) is 0 Å². The Morgan fingerprint density at radius 3 is 1.82 bits per heavy atom. The zero-order valence-electron chi connectivity index (χ0n) is 31.2. The van der Waals surface area contributed by atoms with Crippen molar-refractivity contribution in [1.82, 2.24) is 0 Å². The number of nitrogens with zero attached hydrogens (tertiary/aromatic N) is 1. The largest absolute Gasteiger partial charge is 0.485 e. The van der Waals surface area contributed by atoms with Crippen LogP contribution in [0.3, 0.4) is 0 Å². The molecule has 8 aromatic rings. The number of benzene rings is 8. The molecule has 3 aliphatic carbocycles. The summed E-state index contributed by atoms with van der Waals surface area (Å²) in [5.41, 5.74) is 19.5. The Morgan fingerprint density at radius 2 is 1.05 bits per heavy atom. The van der Waals surface area contributed by atoms with E-state index in [0.717, 1.165) is 22.8 Å². The molecule has 268 valence electrons. The summed E-state index contributed by atoms with van der Waals surface area (Å²) in [4.78, 5) is 2.48. The zero-order valence-corrected chi connectivity index (χ0v) is 31.2. The quantitative estimate of drug-likeness (QED) is 0.175. The van der Waals surface area contributed by atoms with E-state index < -0.39 is 5.41 Å². The van der Waals surface area contributed by atoms with E-state index in [2.05, 4.69) is 217 Å². The van der Waals surface area contributed by atoms with Crippen LogP contribution in [-0.4, -0.2) is 6.10 Å². The normalized spacial score (nSPS) is 17.1. The number of allylic oxidation sites excluding steroid dienone is 2. The fourth-order valence-corrected chi connectivity index (χ4v) is 10.2.